The molecule has 8 heteroatoms. The van der Waals surface area contributed by atoms with E-state index in [0.29, 0.717) is 12.6 Å². The lowest BCUT2D eigenvalue weighted by molar-refractivity contribution is 0.0376. The highest BCUT2D eigenvalue weighted by Crippen LogP contribution is 2.26. The van der Waals surface area contributed by atoms with Gasteiger partial charge in [-0.3, -0.25) is 4.90 Å². The lowest BCUT2D eigenvalue weighted by atomic mass is 9.84. The molecule has 0 bridgehead atoms. The van der Waals surface area contributed by atoms with Gasteiger partial charge in [-0.15, -0.1) is 10.2 Å². The van der Waals surface area contributed by atoms with Crippen LogP contribution >= 0.6 is 0 Å². The van der Waals surface area contributed by atoms with Gasteiger partial charge in [-0.05, 0) is 51.5 Å². The van der Waals surface area contributed by atoms with Crippen LogP contribution in [0.3, 0.4) is 0 Å². The van der Waals surface area contributed by atoms with Gasteiger partial charge in [0.05, 0.1) is 13.2 Å². The highest BCUT2D eigenvalue weighted by atomic mass is 16.5. The van der Waals surface area contributed by atoms with Crippen LogP contribution in [0.15, 0.2) is 4.99 Å². The number of hydrogen-bond donors (Lipinski definition) is 2. The molecule has 0 aromatic carbocycles. The molecule has 1 saturated carbocycles. The van der Waals surface area contributed by atoms with Crippen LogP contribution in [0.25, 0.3) is 0 Å². The van der Waals surface area contributed by atoms with Crippen LogP contribution in [0.1, 0.15) is 57.1 Å². The Bertz CT molecular complexity index is 631. The zero-order valence-electron chi connectivity index (χ0n) is 18.5. The van der Waals surface area contributed by atoms with Gasteiger partial charge in [0, 0.05) is 32.7 Å². The molecular formula is C21H39N7O. The minimum atomic E-state index is 0.518. The first-order valence-electron chi connectivity index (χ1n) is 11.4. The molecule has 1 aliphatic carbocycles. The minimum Gasteiger partial charge on any atom is -0.379 e. The van der Waals surface area contributed by atoms with E-state index in [2.05, 4.69) is 32.7 Å². The second-order valence-corrected chi connectivity index (χ2v) is 8.39. The summed E-state index contributed by atoms with van der Waals surface area (Å²) in [5.74, 6) is 3.62. The molecule has 1 saturated heterocycles. The molecule has 8 nitrogen and oxygen atoms in total. The molecule has 2 N–H and O–H groups in total. The molecule has 1 aliphatic heterocycles. The van der Waals surface area contributed by atoms with Gasteiger partial charge in [0.1, 0.15) is 12.4 Å². The summed E-state index contributed by atoms with van der Waals surface area (Å²) in [5.41, 5.74) is 0. The molecule has 0 atom stereocenters. The Hall–Kier alpha value is -1.67. The number of aromatic nitrogens is 3. The molecule has 1 aromatic rings. The van der Waals surface area contributed by atoms with Crippen molar-refractivity contribution in [1.82, 2.24) is 30.3 Å². The fourth-order valence-corrected chi connectivity index (χ4v) is 4.13. The highest BCUT2D eigenvalue weighted by Gasteiger charge is 2.21. The summed E-state index contributed by atoms with van der Waals surface area (Å²) >= 11 is 0. The first kappa shape index (κ1) is 22.0. The van der Waals surface area contributed by atoms with Gasteiger partial charge in [-0.2, -0.15) is 0 Å². The molecule has 1 aromatic heterocycles. The van der Waals surface area contributed by atoms with E-state index in [9.17, 15) is 0 Å². The van der Waals surface area contributed by atoms with Gasteiger partial charge in [0.25, 0.3) is 0 Å². The van der Waals surface area contributed by atoms with Gasteiger partial charge in [0.2, 0.25) is 0 Å². The van der Waals surface area contributed by atoms with E-state index in [1.54, 1.807) is 0 Å². The number of aliphatic imine (C=N–C) groups is 1. The number of rotatable bonds is 8. The quantitative estimate of drug-likeness (QED) is 0.390. The lowest BCUT2D eigenvalue weighted by Crippen LogP contribution is -2.46. The van der Waals surface area contributed by atoms with Crippen molar-refractivity contribution in [3.63, 3.8) is 0 Å². The average Bonchev–Trinajstić information content (AvgIpc) is 3.08. The van der Waals surface area contributed by atoms with Gasteiger partial charge in [0.15, 0.2) is 11.8 Å². The summed E-state index contributed by atoms with van der Waals surface area (Å²) in [6.45, 7) is 10.7. The molecule has 2 heterocycles. The maximum Gasteiger partial charge on any atom is 0.191 e. The van der Waals surface area contributed by atoms with E-state index in [1.165, 1.54) is 32.1 Å². The fraction of sp³-hybridized carbons (Fsp3) is 0.857. The van der Waals surface area contributed by atoms with Crippen LogP contribution in [0.5, 0.6) is 0 Å². The molecule has 2 aliphatic rings. The van der Waals surface area contributed by atoms with Gasteiger partial charge >= 0.3 is 0 Å². The van der Waals surface area contributed by atoms with E-state index in [4.69, 9.17) is 9.73 Å². The zero-order chi connectivity index (χ0) is 20.5. The molecule has 0 unspecified atom stereocenters. The number of hydrogen-bond acceptors (Lipinski definition) is 5. The molecule has 29 heavy (non-hydrogen) atoms. The van der Waals surface area contributed by atoms with Crippen molar-refractivity contribution in [2.24, 2.45) is 18.0 Å². The second kappa shape index (κ2) is 11.5. The van der Waals surface area contributed by atoms with Crippen LogP contribution in [-0.4, -0.2) is 71.1 Å². The fourth-order valence-electron chi connectivity index (χ4n) is 4.13. The van der Waals surface area contributed by atoms with Gasteiger partial charge < -0.3 is 19.9 Å². The van der Waals surface area contributed by atoms with Crippen LogP contribution in [0.2, 0.25) is 0 Å². The van der Waals surface area contributed by atoms with Crippen molar-refractivity contribution < 1.29 is 4.74 Å². The number of nitrogens with zero attached hydrogens (tertiary/aromatic N) is 5. The largest absolute Gasteiger partial charge is 0.379 e. The SMILES string of the molecule is CCC1CCC(NC(=NCc2nnc(C)n2C)NCCCN2CCOCC2)CC1. The van der Waals surface area contributed by atoms with Crippen molar-refractivity contribution in [2.45, 2.75) is 65.0 Å². The Morgan fingerprint density at radius 1 is 1.17 bits per heavy atom. The van der Waals surface area contributed by atoms with Crippen molar-refractivity contribution in [3.05, 3.63) is 11.6 Å². The number of aryl methyl sites for hydroxylation is 1. The van der Waals surface area contributed by atoms with Crippen LogP contribution in [-0.2, 0) is 18.3 Å². The summed E-state index contributed by atoms with van der Waals surface area (Å²) < 4.78 is 7.44. The Kier molecular flexibility index (Phi) is 8.73. The molecule has 0 spiro atoms. The molecule has 0 radical (unpaired) electrons. The maximum absolute atomic E-state index is 5.43. The Morgan fingerprint density at radius 3 is 2.59 bits per heavy atom. The number of guanidine groups is 1. The van der Waals surface area contributed by atoms with Crippen molar-refractivity contribution in [2.75, 3.05) is 39.4 Å². The standard InChI is InChI=1S/C21H39N7O/c1-4-18-6-8-19(9-7-18)24-21(23-16-20-26-25-17(2)27(20)3)22-10-5-11-28-12-14-29-15-13-28/h18-19H,4-16H2,1-3H3,(H2,22,23,24). The number of morpholine rings is 1. The van der Waals surface area contributed by atoms with Crippen LogP contribution < -0.4 is 10.6 Å². The smallest absolute Gasteiger partial charge is 0.191 e. The normalized spacial score (nSPS) is 23.9. The topological polar surface area (TPSA) is 79.6 Å². The summed E-state index contributed by atoms with van der Waals surface area (Å²) in [4.78, 5) is 7.30. The molecule has 164 valence electrons. The third-order valence-corrected chi connectivity index (χ3v) is 6.37. The van der Waals surface area contributed by atoms with Gasteiger partial charge in [-0.25, -0.2) is 4.99 Å². The van der Waals surface area contributed by atoms with E-state index >= 15 is 0 Å². The van der Waals surface area contributed by atoms with Crippen LogP contribution in [0.4, 0.5) is 0 Å². The Labute approximate surface area is 175 Å². The van der Waals surface area contributed by atoms with Crippen LogP contribution in [0, 0.1) is 12.8 Å². The van der Waals surface area contributed by atoms with Gasteiger partial charge in [-0.1, -0.05) is 13.3 Å². The predicted octanol–water partition coefficient (Wildman–Crippen LogP) is 1.85. The summed E-state index contributed by atoms with van der Waals surface area (Å²) in [6.07, 6.45) is 7.51. The highest BCUT2D eigenvalue weighted by molar-refractivity contribution is 5.80. The lowest BCUT2D eigenvalue weighted by Gasteiger charge is -2.30. The van der Waals surface area contributed by atoms with Crippen molar-refractivity contribution in [3.8, 4) is 0 Å². The Morgan fingerprint density at radius 2 is 1.93 bits per heavy atom. The monoisotopic (exact) mass is 405 g/mol. The number of ether oxygens (including phenoxy) is 1. The third kappa shape index (κ3) is 6.96. The van der Waals surface area contributed by atoms with E-state index in [0.717, 1.165) is 69.3 Å². The van der Waals surface area contributed by atoms with E-state index in [1.807, 2.05) is 18.5 Å². The molecule has 2 fully saturated rings. The maximum atomic E-state index is 5.43. The van der Waals surface area contributed by atoms with Crippen molar-refractivity contribution >= 4 is 5.96 Å². The molecule has 3 rings (SSSR count). The minimum absolute atomic E-state index is 0.518. The number of nitrogens with one attached hydrogen (secondary N) is 2. The first-order chi connectivity index (χ1) is 14.2. The molecular weight excluding hydrogens is 366 g/mol. The van der Waals surface area contributed by atoms with E-state index < -0.39 is 0 Å². The van der Waals surface area contributed by atoms with Crippen molar-refractivity contribution in [1.29, 1.82) is 0 Å². The third-order valence-electron chi connectivity index (χ3n) is 6.37. The zero-order valence-corrected chi connectivity index (χ0v) is 18.5. The second-order valence-electron chi connectivity index (χ2n) is 8.39. The average molecular weight is 406 g/mol. The van der Waals surface area contributed by atoms with E-state index in [-0.39, 0.29) is 0 Å². The first-order valence-corrected chi connectivity index (χ1v) is 11.4. The summed E-state index contributed by atoms with van der Waals surface area (Å²) in [7, 11) is 2.00. The molecule has 0 amide bonds. The summed E-state index contributed by atoms with van der Waals surface area (Å²) in [5, 5.41) is 15.6. The predicted molar refractivity (Wildman–Crippen MR) is 116 cm³/mol. The Balaban J connectivity index is 1.50. The summed E-state index contributed by atoms with van der Waals surface area (Å²) in [6, 6.07) is 0.518.